The minimum atomic E-state index is -5.08. The molecule has 10 heteroatoms. The van der Waals surface area contributed by atoms with Crippen LogP contribution in [0.5, 0.6) is 5.75 Å². The van der Waals surface area contributed by atoms with Gasteiger partial charge in [0.1, 0.15) is 5.75 Å². The minimum Gasteiger partial charge on any atom is -1.00 e. The summed E-state index contributed by atoms with van der Waals surface area (Å²) in [6.45, 7) is 4.71. The van der Waals surface area contributed by atoms with Gasteiger partial charge in [-0.25, -0.2) is 0 Å². The maximum atomic E-state index is 13.3. The standard InChI is InChI=1S/C23H25F6O2P.Li.H/c1-3-5-7-15(4-2)14-31-16-10-12-17(13-11-16)32-21(30)20-18(22(24,25)26)8-6-9-19(20)23(27,28)29;;/h6,8-13,15,32H,3-5,7,14H2,1-2H3;;/q;+1;-1. The predicted octanol–water partition coefficient (Wildman–Crippen LogP) is 4.58. The van der Waals surface area contributed by atoms with Gasteiger partial charge in [0.2, 0.25) is 0 Å². The third-order valence-electron chi connectivity index (χ3n) is 5.04. The van der Waals surface area contributed by atoms with E-state index in [1.54, 1.807) is 12.1 Å². The molecule has 0 spiro atoms. The van der Waals surface area contributed by atoms with Crippen LogP contribution in [0.25, 0.3) is 0 Å². The van der Waals surface area contributed by atoms with Crippen molar-refractivity contribution < 1.29 is 56.2 Å². The molecule has 2 nitrogen and oxygen atoms in total. The zero-order valence-electron chi connectivity index (χ0n) is 19.7. The molecular formula is C23H26F6LiO2P. The number of ether oxygens (including phenoxy) is 1. The number of alkyl halides is 6. The van der Waals surface area contributed by atoms with Crippen LogP contribution in [-0.4, -0.2) is 12.1 Å². The summed E-state index contributed by atoms with van der Waals surface area (Å²) in [4.78, 5) is 12.6. The summed E-state index contributed by atoms with van der Waals surface area (Å²) in [5.41, 5.74) is -5.72. The van der Waals surface area contributed by atoms with Crippen LogP contribution in [0.3, 0.4) is 0 Å². The summed E-state index contributed by atoms with van der Waals surface area (Å²) in [7, 11) is -0.894. The molecule has 0 aliphatic carbocycles. The molecule has 0 amide bonds. The van der Waals surface area contributed by atoms with Crippen LogP contribution in [-0.2, 0) is 12.4 Å². The van der Waals surface area contributed by atoms with Gasteiger partial charge in [0, 0.05) is 5.56 Å². The van der Waals surface area contributed by atoms with Crippen molar-refractivity contribution in [3.05, 3.63) is 59.2 Å². The van der Waals surface area contributed by atoms with E-state index in [1.165, 1.54) is 12.1 Å². The van der Waals surface area contributed by atoms with E-state index >= 15 is 0 Å². The van der Waals surface area contributed by atoms with Crippen LogP contribution < -0.4 is 28.9 Å². The zero-order valence-corrected chi connectivity index (χ0v) is 19.7. The SMILES string of the molecule is CCCCC(CC)COc1ccc(PC(=O)c2c(C(F)(F)F)cccc2C(F)(F)F)cc1.[H-].[Li+]. The van der Waals surface area contributed by atoms with E-state index in [9.17, 15) is 31.1 Å². The van der Waals surface area contributed by atoms with E-state index in [-0.39, 0.29) is 20.3 Å². The molecule has 0 radical (unpaired) electrons. The number of hydrogen-bond donors (Lipinski definition) is 0. The van der Waals surface area contributed by atoms with Gasteiger partial charge in [-0.15, -0.1) is 0 Å². The van der Waals surface area contributed by atoms with Crippen molar-refractivity contribution in [3.8, 4) is 5.75 Å². The van der Waals surface area contributed by atoms with Crippen LogP contribution in [0.15, 0.2) is 42.5 Å². The topological polar surface area (TPSA) is 26.3 Å². The van der Waals surface area contributed by atoms with Gasteiger partial charge in [-0.05, 0) is 50.5 Å². The van der Waals surface area contributed by atoms with Gasteiger partial charge in [-0.2, -0.15) is 26.3 Å². The Hall–Kier alpha value is -1.48. The molecule has 0 aliphatic heterocycles. The molecule has 0 saturated carbocycles. The van der Waals surface area contributed by atoms with Gasteiger partial charge in [0.15, 0.2) is 5.52 Å². The monoisotopic (exact) mass is 486 g/mol. The molecule has 2 aromatic carbocycles. The third kappa shape index (κ3) is 8.67. The van der Waals surface area contributed by atoms with Crippen molar-refractivity contribution >= 4 is 19.4 Å². The molecule has 33 heavy (non-hydrogen) atoms. The number of unbranched alkanes of at least 4 members (excludes halogenated alkanes) is 1. The second kappa shape index (κ2) is 12.8. The van der Waals surface area contributed by atoms with Gasteiger partial charge >= 0.3 is 31.2 Å². The average Bonchev–Trinajstić information content (AvgIpc) is 2.73. The fourth-order valence-electron chi connectivity index (χ4n) is 3.21. The van der Waals surface area contributed by atoms with Crippen molar-refractivity contribution in [1.29, 1.82) is 0 Å². The van der Waals surface area contributed by atoms with Crippen LogP contribution >= 0.6 is 8.58 Å². The molecule has 0 N–H and O–H groups in total. The van der Waals surface area contributed by atoms with Gasteiger partial charge in [-0.1, -0.05) is 51.3 Å². The molecule has 0 heterocycles. The van der Waals surface area contributed by atoms with Gasteiger partial charge in [-0.3, -0.25) is 4.79 Å². The van der Waals surface area contributed by atoms with E-state index in [2.05, 4.69) is 13.8 Å². The average molecular weight is 486 g/mol. The smallest absolute Gasteiger partial charge is 1.00 e. The number of rotatable bonds is 10. The first kappa shape index (κ1) is 29.5. The minimum absolute atomic E-state index is 0. The van der Waals surface area contributed by atoms with Gasteiger partial charge in [0.05, 0.1) is 17.7 Å². The van der Waals surface area contributed by atoms with Crippen molar-refractivity contribution in [2.75, 3.05) is 6.61 Å². The molecule has 2 unspecified atom stereocenters. The van der Waals surface area contributed by atoms with Crippen molar-refractivity contribution in [3.63, 3.8) is 0 Å². The first-order valence-corrected chi connectivity index (χ1v) is 11.3. The van der Waals surface area contributed by atoms with E-state index in [0.717, 1.165) is 25.7 Å². The predicted molar refractivity (Wildman–Crippen MR) is 115 cm³/mol. The summed E-state index contributed by atoms with van der Waals surface area (Å²) < 4.78 is 85.5. The molecule has 2 atom stereocenters. The Labute approximate surface area is 204 Å². The van der Waals surface area contributed by atoms with Crippen LogP contribution in [0.4, 0.5) is 26.3 Å². The van der Waals surface area contributed by atoms with E-state index in [4.69, 9.17) is 4.74 Å². The molecule has 0 aromatic heterocycles. The zero-order chi connectivity index (χ0) is 23.9. The van der Waals surface area contributed by atoms with Crippen LogP contribution in [0.1, 0.15) is 62.4 Å². The quantitative estimate of drug-likeness (QED) is 0.279. The molecule has 0 saturated heterocycles. The Morgan fingerprint density at radius 3 is 1.97 bits per heavy atom. The first-order valence-electron chi connectivity index (χ1n) is 10.3. The number of benzene rings is 2. The normalized spacial score (nSPS) is 13.1. The summed E-state index contributed by atoms with van der Waals surface area (Å²) >= 11 is 0. The first-order chi connectivity index (χ1) is 15.0. The molecule has 0 aliphatic rings. The molecule has 0 fully saturated rings. The Kier molecular flexibility index (Phi) is 11.5. The fourth-order valence-corrected chi connectivity index (χ4v) is 4.20. The number of hydrogen-bond acceptors (Lipinski definition) is 2. The molecule has 0 bridgehead atoms. The Balaban J connectivity index is 0.00000544. The van der Waals surface area contributed by atoms with Crippen molar-refractivity contribution in [1.82, 2.24) is 0 Å². The molecule has 2 rings (SSSR count). The van der Waals surface area contributed by atoms with Crippen molar-refractivity contribution in [2.24, 2.45) is 5.92 Å². The van der Waals surface area contributed by atoms with Gasteiger partial charge in [0.25, 0.3) is 0 Å². The second-order valence-electron chi connectivity index (χ2n) is 7.43. The summed E-state index contributed by atoms with van der Waals surface area (Å²) in [5.74, 6) is 0.936. The molecule has 178 valence electrons. The molecule has 2 aromatic rings. The summed E-state index contributed by atoms with van der Waals surface area (Å²) in [6, 6.07) is 7.76. The number of carbonyl (C=O) groups excluding carboxylic acids is 1. The Morgan fingerprint density at radius 2 is 1.52 bits per heavy atom. The Bertz CT molecular complexity index is 872. The summed E-state index contributed by atoms with van der Waals surface area (Å²) in [6.07, 6.45) is -5.96. The van der Waals surface area contributed by atoms with Crippen LogP contribution in [0.2, 0.25) is 0 Å². The Morgan fingerprint density at radius 1 is 0.970 bits per heavy atom. The van der Waals surface area contributed by atoms with E-state index in [1.807, 2.05) is 0 Å². The molecular weight excluding hydrogens is 460 g/mol. The maximum absolute atomic E-state index is 13.3. The largest absolute Gasteiger partial charge is 1.00 e. The van der Waals surface area contributed by atoms with Crippen molar-refractivity contribution in [2.45, 2.75) is 51.9 Å². The maximum Gasteiger partial charge on any atom is 1.00 e. The number of carbonyl (C=O) groups is 1. The van der Waals surface area contributed by atoms with E-state index in [0.29, 0.717) is 41.8 Å². The fraction of sp³-hybridized carbons (Fsp3) is 0.435. The van der Waals surface area contributed by atoms with Gasteiger partial charge < -0.3 is 6.16 Å². The second-order valence-corrected chi connectivity index (χ2v) is 8.71. The van der Waals surface area contributed by atoms with E-state index < -0.39 is 43.1 Å². The third-order valence-corrected chi connectivity index (χ3v) is 6.14. The summed E-state index contributed by atoms with van der Waals surface area (Å²) in [5, 5.41) is 0.325. The van der Waals surface area contributed by atoms with Crippen LogP contribution in [0, 0.1) is 5.92 Å². The number of halogens is 6.